The standard InChI is InChI=1S/C26H32NO5P/c1-27(18-10-5-11-19-32-33(29,30-2)31-3)25(28)20-23-17-16-21-12-8-9-15-24(21)26(23)22-13-6-4-7-14-22/h4,6-9,12-17H,5,10-11,18-20H2,1-3H3. The van der Waals surface area contributed by atoms with Crippen molar-refractivity contribution in [3.05, 3.63) is 72.3 Å². The number of phosphoric ester groups is 1. The van der Waals surface area contributed by atoms with Gasteiger partial charge in [0.15, 0.2) is 0 Å². The van der Waals surface area contributed by atoms with Crippen molar-refractivity contribution in [2.24, 2.45) is 0 Å². The Hall–Kier alpha value is -2.50. The smallest absolute Gasteiger partial charge is 0.345 e. The number of carbonyl (C=O) groups excluding carboxylic acids is 1. The van der Waals surface area contributed by atoms with E-state index in [9.17, 15) is 9.36 Å². The molecule has 3 aromatic carbocycles. The molecule has 0 unspecified atom stereocenters. The Labute approximate surface area is 196 Å². The Morgan fingerprint density at radius 1 is 0.879 bits per heavy atom. The van der Waals surface area contributed by atoms with Gasteiger partial charge in [-0.3, -0.25) is 18.4 Å². The predicted octanol–water partition coefficient (Wildman–Crippen LogP) is 6.10. The van der Waals surface area contributed by atoms with Gasteiger partial charge in [-0.25, -0.2) is 4.57 Å². The molecule has 0 aliphatic carbocycles. The summed E-state index contributed by atoms with van der Waals surface area (Å²) in [7, 11) is 1.01. The van der Waals surface area contributed by atoms with E-state index in [2.05, 4.69) is 36.4 Å². The average Bonchev–Trinajstić information content (AvgIpc) is 2.86. The summed E-state index contributed by atoms with van der Waals surface area (Å²) in [4.78, 5) is 14.8. The minimum atomic E-state index is -3.42. The molecule has 6 nitrogen and oxygen atoms in total. The summed E-state index contributed by atoms with van der Waals surface area (Å²) in [5.74, 6) is 0.0852. The van der Waals surface area contributed by atoms with Crippen LogP contribution in [-0.2, 0) is 29.4 Å². The van der Waals surface area contributed by atoms with Crippen molar-refractivity contribution >= 4 is 24.5 Å². The summed E-state index contributed by atoms with van der Waals surface area (Å²) in [6.07, 6.45) is 2.73. The van der Waals surface area contributed by atoms with Gasteiger partial charge in [0, 0.05) is 27.8 Å². The SMILES string of the molecule is COP(=O)(OC)OCCCCCN(C)C(=O)Cc1ccc2ccccc2c1-c1ccccc1. The topological polar surface area (TPSA) is 65.1 Å². The van der Waals surface area contributed by atoms with E-state index < -0.39 is 7.82 Å². The summed E-state index contributed by atoms with van der Waals surface area (Å²) >= 11 is 0. The van der Waals surface area contributed by atoms with Crippen molar-refractivity contribution in [1.29, 1.82) is 0 Å². The predicted molar refractivity (Wildman–Crippen MR) is 132 cm³/mol. The minimum absolute atomic E-state index is 0.0852. The molecule has 0 saturated carbocycles. The lowest BCUT2D eigenvalue weighted by atomic mass is 9.91. The van der Waals surface area contributed by atoms with Gasteiger partial charge in [0.2, 0.25) is 5.91 Å². The van der Waals surface area contributed by atoms with E-state index in [1.165, 1.54) is 14.2 Å². The zero-order valence-electron chi connectivity index (χ0n) is 19.5. The number of hydrogen-bond donors (Lipinski definition) is 0. The highest BCUT2D eigenvalue weighted by molar-refractivity contribution is 7.48. The number of phosphoric acid groups is 1. The lowest BCUT2D eigenvalue weighted by Crippen LogP contribution is -2.29. The maximum atomic E-state index is 13.0. The summed E-state index contributed by atoms with van der Waals surface area (Å²) in [6, 6.07) is 22.7. The van der Waals surface area contributed by atoms with E-state index in [1.54, 1.807) is 4.90 Å². The Morgan fingerprint density at radius 2 is 1.58 bits per heavy atom. The lowest BCUT2D eigenvalue weighted by molar-refractivity contribution is -0.129. The molecule has 1 amide bonds. The van der Waals surface area contributed by atoms with Crippen LogP contribution < -0.4 is 0 Å². The summed E-state index contributed by atoms with van der Waals surface area (Å²) < 4.78 is 26.5. The molecule has 0 heterocycles. The van der Waals surface area contributed by atoms with Crippen LogP contribution in [-0.4, -0.2) is 45.2 Å². The van der Waals surface area contributed by atoms with Crippen LogP contribution >= 0.6 is 7.82 Å². The number of carbonyl (C=O) groups is 1. The fourth-order valence-corrected chi connectivity index (χ4v) is 4.53. The number of likely N-dealkylation sites (N-methyl/N-ethyl adjacent to an activating group) is 1. The summed E-state index contributed by atoms with van der Waals surface area (Å²) in [6.45, 7) is 0.938. The summed E-state index contributed by atoms with van der Waals surface area (Å²) in [5.41, 5.74) is 3.26. The molecule has 3 aromatic rings. The maximum absolute atomic E-state index is 13.0. The monoisotopic (exact) mass is 469 g/mol. The number of nitrogens with zero attached hydrogens (tertiary/aromatic N) is 1. The van der Waals surface area contributed by atoms with Crippen molar-refractivity contribution < 1.29 is 22.9 Å². The molecule has 176 valence electrons. The number of unbranched alkanes of at least 4 members (excludes halogenated alkanes) is 2. The van der Waals surface area contributed by atoms with Crippen LogP contribution in [0.1, 0.15) is 24.8 Å². The van der Waals surface area contributed by atoms with Gasteiger partial charge in [-0.05, 0) is 46.7 Å². The Kier molecular flexibility index (Phi) is 9.21. The Balaban J connectivity index is 1.60. The number of amides is 1. The van der Waals surface area contributed by atoms with Crippen molar-refractivity contribution in [1.82, 2.24) is 4.90 Å². The van der Waals surface area contributed by atoms with Crippen molar-refractivity contribution in [2.45, 2.75) is 25.7 Å². The molecule has 0 aliphatic heterocycles. The maximum Gasteiger partial charge on any atom is 0.474 e. The lowest BCUT2D eigenvalue weighted by Gasteiger charge is -2.19. The molecule has 0 atom stereocenters. The van der Waals surface area contributed by atoms with Gasteiger partial charge in [-0.2, -0.15) is 0 Å². The van der Waals surface area contributed by atoms with E-state index in [-0.39, 0.29) is 12.5 Å². The van der Waals surface area contributed by atoms with Gasteiger partial charge in [-0.1, -0.05) is 66.7 Å². The van der Waals surface area contributed by atoms with Gasteiger partial charge in [0.25, 0.3) is 0 Å². The van der Waals surface area contributed by atoms with E-state index in [1.807, 2.05) is 37.4 Å². The third-order valence-corrected chi connectivity index (χ3v) is 7.07. The fourth-order valence-electron chi connectivity index (χ4n) is 3.82. The number of hydrogen-bond acceptors (Lipinski definition) is 5. The fraction of sp³-hybridized carbons (Fsp3) is 0.346. The Bertz CT molecular complexity index is 1090. The third kappa shape index (κ3) is 6.75. The third-order valence-electron chi connectivity index (χ3n) is 5.68. The molecule has 33 heavy (non-hydrogen) atoms. The molecule has 0 radical (unpaired) electrons. The first-order chi connectivity index (χ1) is 16.0. The van der Waals surface area contributed by atoms with Gasteiger partial charge in [0.1, 0.15) is 0 Å². The molecule has 0 aliphatic rings. The molecule has 0 saturated heterocycles. The molecule has 0 aromatic heterocycles. The van der Waals surface area contributed by atoms with Crippen LogP contribution in [0.25, 0.3) is 21.9 Å². The van der Waals surface area contributed by atoms with Gasteiger partial charge >= 0.3 is 7.82 Å². The largest absolute Gasteiger partial charge is 0.474 e. The number of fused-ring (bicyclic) bond motifs is 1. The van der Waals surface area contributed by atoms with Crippen LogP contribution in [0.5, 0.6) is 0 Å². The van der Waals surface area contributed by atoms with Crippen molar-refractivity contribution in [3.8, 4) is 11.1 Å². The number of rotatable bonds is 12. The first kappa shape index (κ1) is 25.1. The van der Waals surface area contributed by atoms with Crippen LogP contribution in [0.2, 0.25) is 0 Å². The molecular weight excluding hydrogens is 437 g/mol. The normalized spacial score (nSPS) is 11.6. The second-order valence-electron chi connectivity index (χ2n) is 7.89. The molecule has 7 heteroatoms. The molecule has 0 fully saturated rings. The molecule has 0 spiro atoms. The summed E-state index contributed by atoms with van der Waals surface area (Å²) in [5, 5.41) is 2.32. The first-order valence-corrected chi connectivity index (χ1v) is 12.6. The highest BCUT2D eigenvalue weighted by Crippen LogP contribution is 2.47. The Morgan fingerprint density at radius 3 is 2.30 bits per heavy atom. The zero-order valence-corrected chi connectivity index (χ0v) is 20.4. The highest BCUT2D eigenvalue weighted by Gasteiger charge is 2.22. The van der Waals surface area contributed by atoms with Crippen LogP contribution in [0.3, 0.4) is 0 Å². The van der Waals surface area contributed by atoms with E-state index >= 15 is 0 Å². The van der Waals surface area contributed by atoms with E-state index in [4.69, 9.17) is 13.6 Å². The zero-order chi connectivity index (χ0) is 23.7. The van der Waals surface area contributed by atoms with Crippen molar-refractivity contribution in [2.75, 3.05) is 34.4 Å². The van der Waals surface area contributed by atoms with E-state index in [0.717, 1.165) is 40.3 Å². The second-order valence-corrected chi connectivity index (χ2v) is 9.77. The number of benzene rings is 3. The molecule has 0 N–H and O–H groups in total. The van der Waals surface area contributed by atoms with Crippen LogP contribution in [0.4, 0.5) is 0 Å². The van der Waals surface area contributed by atoms with Crippen LogP contribution in [0, 0.1) is 0 Å². The molecular formula is C26H32NO5P. The molecule has 3 rings (SSSR count). The van der Waals surface area contributed by atoms with Crippen LogP contribution in [0.15, 0.2) is 66.7 Å². The second kappa shape index (κ2) is 12.1. The quantitative estimate of drug-likeness (QED) is 0.237. The minimum Gasteiger partial charge on any atom is -0.345 e. The average molecular weight is 470 g/mol. The van der Waals surface area contributed by atoms with Gasteiger partial charge < -0.3 is 4.90 Å². The van der Waals surface area contributed by atoms with Gasteiger partial charge in [0.05, 0.1) is 13.0 Å². The van der Waals surface area contributed by atoms with Crippen molar-refractivity contribution in [3.63, 3.8) is 0 Å². The molecule has 0 bridgehead atoms. The highest BCUT2D eigenvalue weighted by atomic mass is 31.2. The first-order valence-electron chi connectivity index (χ1n) is 11.1. The van der Waals surface area contributed by atoms with E-state index in [0.29, 0.717) is 19.4 Å². The van der Waals surface area contributed by atoms with Gasteiger partial charge in [-0.15, -0.1) is 0 Å².